The lowest BCUT2D eigenvalue weighted by molar-refractivity contribution is -0.120. The molecule has 112 valence electrons. The van der Waals surface area contributed by atoms with Crippen molar-refractivity contribution in [1.82, 2.24) is 4.90 Å². The molecule has 1 aromatic heterocycles. The normalized spacial score (nSPS) is 12.4. The summed E-state index contributed by atoms with van der Waals surface area (Å²) in [5, 5.41) is 2.90. The van der Waals surface area contributed by atoms with Crippen molar-refractivity contribution >= 4 is 11.6 Å². The van der Waals surface area contributed by atoms with Crippen molar-refractivity contribution in [2.45, 2.75) is 26.1 Å². The van der Waals surface area contributed by atoms with Crippen LogP contribution in [-0.4, -0.2) is 23.9 Å². The molecule has 0 aliphatic heterocycles. The monoisotopic (exact) mass is 287 g/mol. The first-order valence-electron chi connectivity index (χ1n) is 6.92. The quantitative estimate of drug-likeness (QED) is 0.854. The van der Waals surface area contributed by atoms with Gasteiger partial charge < -0.3 is 15.5 Å². The van der Waals surface area contributed by atoms with Gasteiger partial charge in [0.25, 0.3) is 0 Å². The molecule has 0 saturated heterocycles. The van der Waals surface area contributed by atoms with Crippen LogP contribution >= 0.6 is 0 Å². The zero-order chi connectivity index (χ0) is 15.2. The van der Waals surface area contributed by atoms with Gasteiger partial charge in [0.2, 0.25) is 5.91 Å². The van der Waals surface area contributed by atoms with Crippen molar-refractivity contribution < 1.29 is 9.21 Å². The summed E-state index contributed by atoms with van der Waals surface area (Å²) in [6.45, 7) is 2.96. The summed E-state index contributed by atoms with van der Waals surface area (Å²) in [6, 6.07) is 11.0. The van der Waals surface area contributed by atoms with Gasteiger partial charge in [-0.05, 0) is 43.8 Å². The van der Waals surface area contributed by atoms with E-state index in [9.17, 15) is 4.79 Å². The molecular formula is C16H21N3O2. The number of anilines is 1. The minimum Gasteiger partial charge on any atom is -0.468 e. The maximum atomic E-state index is 12.2. The van der Waals surface area contributed by atoms with Gasteiger partial charge in [0.05, 0.1) is 18.8 Å². The highest BCUT2D eigenvalue weighted by Gasteiger charge is 2.18. The molecule has 3 N–H and O–H groups in total. The molecule has 0 radical (unpaired) electrons. The molecule has 0 spiro atoms. The third-order valence-electron chi connectivity index (χ3n) is 3.48. The number of nitrogens with one attached hydrogen (secondary N) is 1. The van der Waals surface area contributed by atoms with Crippen LogP contribution in [0.4, 0.5) is 5.69 Å². The molecule has 1 unspecified atom stereocenters. The zero-order valence-electron chi connectivity index (χ0n) is 12.4. The molecule has 2 rings (SSSR count). The number of amides is 1. The van der Waals surface area contributed by atoms with E-state index in [0.717, 1.165) is 17.0 Å². The second-order valence-electron chi connectivity index (χ2n) is 5.06. The minimum absolute atomic E-state index is 0.0513. The average Bonchev–Trinajstić information content (AvgIpc) is 3.00. The van der Waals surface area contributed by atoms with Gasteiger partial charge >= 0.3 is 0 Å². The van der Waals surface area contributed by atoms with Crippen LogP contribution in [-0.2, 0) is 17.9 Å². The molecule has 0 aliphatic carbocycles. The molecule has 0 fully saturated rings. The minimum atomic E-state index is -0.260. The van der Waals surface area contributed by atoms with Crippen molar-refractivity contribution in [3.8, 4) is 0 Å². The third kappa shape index (κ3) is 4.18. The van der Waals surface area contributed by atoms with Crippen molar-refractivity contribution in [2.75, 3.05) is 12.4 Å². The summed E-state index contributed by atoms with van der Waals surface area (Å²) in [5.41, 5.74) is 7.36. The van der Waals surface area contributed by atoms with Gasteiger partial charge in [-0.1, -0.05) is 12.1 Å². The van der Waals surface area contributed by atoms with Crippen molar-refractivity contribution in [1.29, 1.82) is 0 Å². The topological polar surface area (TPSA) is 71.5 Å². The SMILES string of the molecule is CC(C(=O)Nc1ccc(CN)cc1)N(C)Cc1ccco1. The van der Waals surface area contributed by atoms with Gasteiger partial charge in [-0.2, -0.15) is 0 Å². The summed E-state index contributed by atoms with van der Waals surface area (Å²) in [6.07, 6.45) is 1.63. The Morgan fingerprint density at radius 2 is 2.05 bits per heavy atom. The second kappa shape index (κ2) is 7.06. The van der Waals surface area contributed by atoms with Crippen LogP contribution in [0, 0.1) is 0 Å². The number of hydrogen-bond acceptors (Lipinski definition) is 4. The van der Waals surface area contributed by atoms with E-state index in [0.29, 0.717) is 13.1 Å². The van der Waals surface area contributed by atoms with Crippen molar-refractivity contribution in [3.63, 3.8) is 0 Å². The number of likely N-dealkylation sites (N-methyl/N-ethyl adjacent to an activating group) is 1. The fourth-order valence-electron chi connectivity index (χ4n) is 1.96. The maximum absolute atomic E-state index is 12.2. The molecular weight excluding hydrogens is 266 g/mol. The number of nitrogens with two attached hydrogens (primary N) is 1. The van der Waals surface area contributed by atoms with Crippen LogP contribution in [0.1, 0.15) is 18.2 Å². The Hall–Kier alpha value is -2.11. The van der Waals surface area contributed by atoms with Crippen molar-refractivity contribution in [3.05, 3.63) is 54.0 Å². The number of carbonyl (C=O) groups is 1. The van der Waals surface area contributed by atoms with E-state index in [1.54, 1.807) is 6.26 Å². The average molecular weight is 287 g/mol. The van der Waals surface area contributed by atoms with Gasteiger partial charge in [-0.3, -0.25) is 9.69 Å². The number of rotatable bonds is 6. The van der Waals surface area contributed by atoms with E-state index in [-0.39, 0.29) is 11.9 Å². The number of hydrogen-bond donors (Lipinski definition) is 2. The predicted octanol–water partition coefficient (Wildman–Crippen LogP) is 2.20. The van der Waals surface area contributed by atoms with Crippen LogP contribution in [0.15, 0.2) is 47.1 Å². The Balaban J connectivity index is 1.91. The molecule has 2 aromatic rings. The van der Waals surface area contributed by atoms with Gasteiger partial charge in [0, 0.05) is 12.2 Å². The van der Waals surface area contributed by atoms with Gasteiger partial charge in [0.1, 0.15) is 5.76 Å². The highest BCUT2D eigenvalue weighted by atomic mass is 16.3. The third-order valence-corrected chi connectivity index (χ3v) is 3.48. The molecule has 5 heteroatoms. The molecule has 5 nitrogen and oxygen atoms in total. The lowest BCUT2D eigenvalue weighted by Gasteiger charge is -2.22. The van der Waals surface area contributed by atoms with Crippen LogP contribution in [0.5, 0.6) is 0 Å². The summed E-state index contributed by atoms with van der Waals surface area (Å²) < 4.78 is 5.29. The summed E-state index contributed by atoms with van der Waals surface area (Å²) in [7, 11) is 1.89. The standard InChI is InChI=1S/C16H21N3O2/c1-12(19(2)11-15-4-3-9-21-15)16(20)18-14-7-5-13(10-17)6-8-14/h3-9,12H,10-11,17H2,1-2H3,(H,18,20). The smallest absolute Gasteiger partial charge is 0.241 e. The van der Waals surface area contributed by atoms with E-state index in [4.69, 9.17) is 10.2 Å². The summed E-state index contributed by atoms with van der Waals surface area (Å²) >= 11 is 0. The molecule has 1 heterocycles. The first kappa shape index (κ1) is 15.3. The van der Waals surface area contributed by atoms with E-state index in [2.05, 4.69) is 5.32 Å². The Kier molecular flexibility index (Phi) is 5.14. The van der Waals surface area contributed by atoms with Crippen LogP contribution in [0.2, 0.25) is 0 Å². The first-order valence-corrected chi connectivity index (χ1v) is 6.92. The number of benzene rings is 1. The molecule has 0 aliphatic rings. The first-order chi connectivity index (χ1) is 10.1. The van der Waals surface area contributed by atoms with E-state index in [1.165, 1.54) is 0 Å². The Labute approximate surface area is 124 Å². The Morgan fingerprint density at radius 3 is 2.62 bits per heavy atom. The van der Waals surface area contributed by atoms with Gasteiger partial charge in [0.15, 0.2) is 0 Å². The summed E-state index contributed by atoms with van der Waals surface area (Å²) in [4.78, 5) is 14.2. The predicted molar refractivity (Wildman–Crippen MR) is 82.6 cm³/mol. The highest BCUT2D eigenvalue weighted by Crippen LogP contribution is 2.12. The molecule has 0 bridgehead atoms. The highest BCUT2D eigenvalue weighted by molar-refractivity contribution is 5.94. The maximum Gasteiger partial charge on any atom is 0.241 e. The number of nitrogens with zero attached hydrogens (tertiary/aromatic N) is 1. The van der Waals surface area contributed by atoms with Crippen LogP contribution in [0.25, 0.3) is 0 Å². The van der Waals surface area contributed by atoms with E-state index < -0.39 is 0 Å². The van der Waals surface area contributed by atoms with E-state index >= 15 is 0 Å². The van der Waals surface area contributed by atoms with Crippen LogP contribution < -0.4 is 11.1 Å². The largest absolute Gasteiger partial charge is 0.468 e. The Morgan fingerprint density at radius 1 is 1.33 bits per heavy atom. The zero-order valence-corrected chi connectivity index (χ0v) is 12.4. The number of carbonyl (C=O) groups excluding carboxylic acids is 1. The molecule has 0 saturated carbocycles. The second-order valence-corrected chi connectivity index (χ2v) is 5.06. The van der Waals surface area contributed by atoms with Gasteiger partial charge in [-0.15, -0.1) is 0 Å². The fourth-order valence-corrected chi connectivity index (χ4v) is 1.96. The van der Waals surface area contributed by atoms with Crippen LogP contribution in [0.3, 0.4) is 0 Å². The Bertz CT molecular complexity index is 564. The molecule has 1 atom stereocenters. The molecule has 21 heavy (non-hydrogen) atoms. The van der Waals surface area contributed by atoms with Crippen molar-refractivity contribution in [2.24, 2.45) is 5.73 Å². The molecule has 1 amide bonds. The lowest BCUT2D eigenvalue weighted by atomic mass is 10.2. The lowest BCUT2D eigenvalue weighted by Crippen LogP contribution is -2.39. The number of furan rings is 1. The fraction of sp³-hybridized carbons (Fsp3) is 0.312. The van der Waals surface area contributed by atoms with Gasteiger partial charge in [-0.25, -0.2) is 0 Å². The molecule has 1 aromatic carbocycles. The van der Waals surface area contributed by atoms with E-state index in [1.807, 2.05) is 55.3 Å². The summed E-state index contributed by atoms with van der Waals surface area (Å²) in [5.74, 6) is 0.786.